The van der Waals surface area contributed by atoms with Gasteiger partial charge < -0.3 is 4.74 Å². The Morgan fingerprint density at radius 2 is 2.06 bits per heavy atom. The number of nitriles is 1. The van der Waals surface area contributed by atoms with E-state index >= 15 is 0 Å². The molecule has 0 N–H and O–H groups in total. The number of benzene rings is 1. The highest BCUT2D eigenvalue weighted by atomic mass is 32.2. The molecule has 0 aliphatic rings. The Morgan fingerprint density at radius 1 is 1.38 bits per heavy atom. The predicted molar refractivity (Wildman–Crippen MR) is 67.8 cm³/mol. The van der Waals surface area contributed by atoms with E-state index in [9.17, 15) is 0 Å². The zero-order valence-corrected chi connectivity index (χ0v) is 11.0. The zero-order valence-electron chi connectivity index (χ0n) is 10.2. The number of hydrogen-bond acceptors (Lipinski definition) is 3. The first kappa shape index (κ1) is 12.9. The average Bonchev–Trinajstić information content (AvgIpc) is 2.25. The molecule has 86 valence electrons. The van der Waals surface area contributed by atoms with Gasteiger partial charge in [0.05, 0.1) is 18.4 Å². The summed E-state index contributed by atoms with van der Waals surface area (Å²) in [5.74, 6) is 1.25. The molecule has 3 heteroatoms. The van der Waals surface area contributed by atoms with Crippen LogP contribution in [-0.4, -0.2) is 12.4 Å². The third kappa shape index (κ3) is 3.18. The third-order valence-corrected chi connectivity index (χ3v) is 3.79. The number of hydrogen-bond donors (Lipinski definition) is 0. The maximum atomic E-state index is 9.03. The molecule has 0 heterocycles. The molecule has 0 spiro atoms. The molecule has 0 aliphatic carbocycles. The minimum atomic E-state index is 0.00722. The summed E-state index contributed by atoms with van der Waals surface area (Å²) >= 11 is 1.61. The van der Waals surface area contributed by atoms with Crippen LogP contribution in [0.2, 0.25) is 0 Å². The molecule has 1 unspecified atom stereocenters. The SMILES string of the molecule is COc1ccc(SC(C#N)C(C)C)cc1C. The average molecular weight is 235 g/mol. The molecular weight excluding hydrogens is 218 g/mol. The van der Waals surface area contributed by atoms with Crippen LogP contribution < -0.4 is 4.74 Å². The summed E-state index contributed by atoms with van der Waals surface area (Å²) in [6.45, 7) is 6.15. The molecule has 2 nitrogen and oxygen atoms in total. The van der Waals surface area contributed by atoms with Crippen LogP contribution >= 0.6 is 11.8 Å². The van der Waals surface area contributed by atoms with Crippen molar-refractivity contribution >= 4 is 11.8 Å². The summed E-state index contributed by atoms with van der Waals surface area (Å²) in [5, 5.41) is 9.04. The molecule has 0 bridgehead atoms. The maximum absolute atomic E-state index is 9.03. The predicted octanol–water partition coefficient (Wildman–Crippen LogP) is 3.64. The minimum Gasteiger partial charge on any atom is -0.496 e. The molecule has 16 heavy (non-hydrogen) atoms. The van der Waals surface area contributed by atoms with E-state index in [0.29, 0.717) is 5.92 Å². The second kappa shape index (κ2) is 5.81. The van der Waals surface area contributed by atoms with E-state index in [1.807, 2.05) is 19.1 Å². The fraction of sp³-hybridized carbons (Fsp3) is 0.462. The van der Waals surface area contributed by atoms with Gasteiger partial charge in [0.1, 0.15) is 5.75 Å². The molecule has 0 fully saturated rings. The first-order chi connectivity index (χ1) is 7.58. The van der Waals surface area contributed by atoms with E-state index in [0.717, 1.165) is 16.2 Å². The summed E-state index contributed by atoms with van der Waals surface area (Å²) in [5.41, 5.74) is 1.10. The molecule has 0 radical (unpaired) electrons. The molecule has 1 aromatic rings. The van der Waals surface area contributed by atoms with Gasteiger partial charge in [-0.3, -0.25) is 0 Å². The lowest BCUT2D eigenvalue weighted by molar-refractivity contribution is 0.411. The molecule has 0 saturated carbocycles. The Bertz CT molecular complexity index is 395. The number of nitrogens with zero attached hydrogens (tertiary/aromatic N) is 1. The van der Waals surface area contributed by atoms with E-state index in [4.69, 9.17) is 10.00 Å². The quantitative estimate of drug-likeness (QED) is 0.747. The van der Waals surface area contributed by atoms with Gasteiger partial charge in [0.15, 0.2) is 0 Å². The van der Waals surface area contributed by atoms with Crippen LogP contribution in [0.25, 0.3) is 0 Å². The van der Waals surface area contributed by atoms with E-state index < -0.39 is 0 Å². The molecule has 1 aromatic carbocycles. The number of thioether (sulfide) groups is 1. The molecule has 1 atom stereocenters. The standard InChI is InChI=1S/C13H17NOS/c1-9(2)13(8-14)16-11-5-6-12(15-4)10(3)7-11/h5-7,9,13H,1-4H3. The lowest BCUT2D eigenvalue weighted by atomic mass is 10.1. The van der Waals surface area contributed by atoms with E-state index in [1.165, 1.54) is 0 Å². The minimum absolute atomic E-state index is 0.00722. The molecule has 1 rings (SSSR count). The van der Waals surface area contributed by atoms with Crippen molar-refractivity contribution in [1.82, 2.24) is 0 Å². The Hall–Kier alpha value is -1.14. The highest BCUT2D eigenvalue weighted by Gasteiger charge is 2.14. The largest absolute Gasteiger partial charge is 0.496 e. The summed E-state index contributed by atoms with van der Waals surface area (Å²) in [7, 11) is 1.67. The van der Waals surface area contributed by atoms with Gasteiger partial charge in [0.25, 0.3) is 0 Å². The lowest BCUT2D eigenvalue weighted by Gasteiger charge is -2.13. The molecule has 0 aromatic heterocycles. The normalized spacial score (nSPS) is 12.2. The van der Waals surface area contributed by atoms with Crippen LogP contribution in [0, 0.1) is 24.2 Å². The van der Waals surface area contributed by atoms with Crippen molar-refractivity contribution in [3.63, 3.8) is 0 Å². The summed E-state index contributed by atoms with van der Waals surface area (Å²) in [4.78, 5) is 1.12. The Labute approximate surface area is 102 Å². The second-order valence-electron chi connectivity index (χ2n) is 4.04. The van der Waals surface area contributed by atoms with Crippen LogP contribution in [0.4, 0.5) is 0 Å². The van der Waals surface area contributed by atoms with E-state index in [1.54, 1.807) is 18.9 Å². The Morgan fingerprint density at radius 3 is 2.50 bits per heavy atom. The van der Waals surface area contributed by atoms with Gasteiger partial charge in [-0.2, -0.15) is 5.26 Å². The fourth-order valence-corrected chi connectivity index (χ4v) is 2.39. The van der Waals surface area contributed by atoms with Gasteiger partial charge in [-0.25, -0.2) is 0 Å². The van der Waals surface area contributed by atoms with E-state index in [2.05, 4.69) is 26.0 Å². The van der Waals surface area contributed by atoms with Crippen molar-refractivity contribution in [3.8, 4) is 11.8 Å². The number of ether oxygens (including phenoxy) is 1. The number of methoxy groups -OCH3 is 1. The molecule has 0 aliphatic heterocycles. The summed E-state index contributed by atoms with van der Waals surface area (Å²) < 4.78 is 5.20. The molecular formula is C13H17NOS. The first-order valence-electron chi connectivity index (χ1n) is 5.29. The number of rotatable bonds is 4. The van der Waals surface area contributed by atoms with Crippen LogP contribution in [0.5, 0.6) is 5.75 Å². The number of aryl methyl sites for hydroxylation is 1. The van der Waals surface area contributed by atoms with Crippen molar-refractivity contribution in [2.45, 2.75) is 30.9 Å². The highest BCUT2D eigenvalue weighted by molar-refractivity contribution is 8.00. The van der Waals surface area contributed by atoms with Crippen molar-refractivity contribution in [2.24, 2.45) is 5.92 Å². The maximum Gasteiger partial charge on any atom is 0.121 e. The van der Waals surface area contributed by atoms with Crippen molar-refractivity contribution in [3.05, 3.63) is 23.8 Å². The van der Waals surface area contributed by atoms with Gasteiger partial charge in [0.2, 0.25) is 0 Å². The van der Waals surface area contributed by atoms with Crippen LogP contribution in [0.15, 0.2) is 23.1 Å². The molecule has 0 saturated heterocycles. The van der Waals surface area contributed by atoms with Crippen molar-refractivity contribution in [1.29, 1.82) is 5.26 Å². The van der Waals surface area contributed by atoms with Gasteiger partial charge in [0, 0.05) is 4.90 Å². The zero-order chi connectivity index (χ0) is 12.1. The van der Waals surface area contributed by atoms with Gasteiger partial charge >= 0.3 is 0 Å². The Balaban J connectivity index is 2.83. The van der Waals surface area contributed by atoms with Crippen molar-refractivity contribution < 1.29 is 4.74 Å². The van der Waals surface area contributed by atoms with Crippen LogP contribution in [0.3, 0.4) is 0 Å². The fourth-order valence-electron chi connectivity index (χ4n) is 1.38. The van der Waals surface area contributed by atoms with Gasteiger partial charge in [-0.1, -0.05) is 13.8 Å². The Kier molecular flexibility index (Phi) is 4.70. The topological polar surface area (TPSA) is 33.0 Å². The van der Waals surface area contributed by atoms with Crippen LogP contribution in [-0.2, 0) is 0 Å². The highest BCUT2D eigenvalue weighted by Crippen LogP contribution is 2.30. The lowest BCUT2D eigenvalue weighted by Crippen LogP contribution is -2.07. The van der Waals surface area contributed by atoms with Gasteiger partial charge in [-0.15, -0.1) is 11.8 Å². The second-order valence-corrected chi connectivity index (χ2v) is 5.26. The van der Waals surface area contributed by atoms with Crippen molar-refractivity contribution in [2.75, 3.05) is 7.11 Å². The summed E-state index contributed by atoms with van der Waals surface area (Å²) in [6, 6.07) is 8.35. The third-order valence-electron chi connectivity index (χ3n) is 2.36. The van der Waals surface area contributed by atoms with Crippen LogP contribution in [0.1, 0.15) is 19.4 Å². The van der Waals surface area contributed by atoms with E-state index in [-0.39, 0.29) is 5.25 Å². The monoisotopic (exact) mass is 235 g/mol. The molecule has 0 amide bonds. The van der Waals surface area contributed by atoms with Gasteiger partial charge in [-0.05, 0) is 36.6 Å². The first-order valence-corrected chi connectivity index (χ1v) is 6.17. The summed E-state index contributed by atoms with van der Waals surface area (Å²) in [6.07, 6.45) is 0. The smallest absolute Gasteiger partial charge is 0.121 e.